The van der Waals surface area contributed by atoms with Crippen LogP contribution < -0.4 is 11.1 Å². The van der Waals surface area contributed by atoms with E-state index in [1.165, 1.54) is 4.31 Å². The first-order chi connectivity index (χ1) is 14.3. The van der Waals surface area contributed by atoms with Crippen LogP contribution in [0.1, 0.15) is 22.3 Å². The Morgan fingerprint density at radius 1 is 1.00 bits per heavy atom. The van der Waals surface area contributed by atoms with Gasteiger partial charge in [0.2, 0.25) is 15.9 Å². The molecule has 9 heteroatoms. The maximum absolute atomic E-state index is 12.9. The number of para-hydroxylation sites is 1. The lowest BCUT2D eigenvalue weighted by molar-refractivity contribution is -0.117. The van der Waals surface area contributed by atoms with Gasteiger partial charge in [0, 0.05) is 19.6 Å². The molecule has 2 amide bonds. The van der Waals surface area contributed by atoms with Crippen molar-refractivity contribution in [2.75, 3.05) is 38.0 Å². The van der Waals surface area contributed by atoms with Crippen molar-refractivity contribution in [2.24, 2.45) is 5.73 Å². The topological polar surface area (TPSA) is 113 Å². The molecule has 1 fully saturated rings. The van der Waals surface area contributed by atoms with Crippen LogP contribution in [0.3, 0.4) is 0 Å². The van der Waals surface area contributed by atoms with Crippen molar-refractivity contribution in [1.29, 1.82) is 0 Å². The monoisotopic (exact) mass is 430 g/mol. The summed E-state index contributed by atoms with van der Waals surface area (Å²) in [6.45, 7) is 3.76. The van der Waals surface area contributed by atoms with Crippen molar-refractivity contribution in [3.63, 3.8) is 0 Å². The maximum Gasteiger partial charge on any atom is 0.250 e. The van der Waals surface area contributed by atoms with Gasteiger partial charge in [0.25, 0.3) is 5.91 Å². The first-order valence-corrected chi connectivity index (χ1v) is 11.2. The molecule has 0 bridgehead atoms. The van der Waals surface area contributed by atoms with Crippen LogP contribution in [-0.4, -0.2) is 62.2 Å². The Kier molecular flexibility index (Phi) is 6.86. The molecule has 0 aromatic heterocycles. The molecule has 0 spiro atoms. The summed E-state index contributed by atoms with van der Waals surface area (Å²) in [5, 5.41) is 2.72. The van der Waals surface area contributed by atoms with Gasteiger partial charge in [0.1, 0.15) is 0 Å². The second-order valence-electron chi connectivity index (χ2n) is 7.30. The number of benzene rings is 2. The average Bonchev–Trinajstić information content (AvgIpc) is 2.94. The Bertz CT molecular complexity index is 1020. The fourth-order valence-corrected chi connectivity index (χ4v) is 4.87. The standard InChI is InChI=1S/C21H26N4O4S/c1-16-7-9-17(10-8-16)30(28,29)25-12-4-11-24(13-14-25)15-20(26)23-19-6-3-2-5-18(19)21(22)27/h2-3,5-10H,4,11-15H2,1H3,(H2,22,27)(H,23,26). The fraction of sp³-hybridized carbons (Fsp3) is 0.333. The minimum atomic E-state index is -3.56. The summed E-state index contributed by atoms with van der Waals surface area (Å²) in [6, 6.07) is 13.4. The second kappa shape index (κ2) is 9.38. The van der Waals surface area contributed by atoms with Crippen LogP contribution in [0.25, 0.3) is 0 Å². The fourth-order valence-electron chi connectivity index (χ4n) is 3.40. The lowest BCUT2D eigenvalue weighted by Crippen LogP contribution is -2.38. The highest BCUT2D eigenvalue weighted by Crippen LogP contribution is 2.19. The van der Waals surface area contributed by atoms with E-state index in [0.717, 1.165) is 5.56 Å². The van der Waals surface area contributed by atoms with Crippen LogP contribution in [0.4, 0.5) is 5.69 Å². The molecule has 2 aromatic carbocycles. The number of rotatable bonds is 6. The summed E-state index contributed by atoms with van der Waals surface area (Å²) in [6.07, 6.45) is 0.621. The molecule has 0 aliphatic carbocycles. The lowest BCUT2D eigenvalue weighted by atomic mass is 10.1. The van der Waals surface area contributed by atoms with Crippen LogP contribution in [-0.2, 0) is 14.8 Å². The molecule has 3 N–H and O–H groups in total. The van der Waals surface area contributed by atoms with Crippen molar-refractivity contribution >= 4 is 27.5 Å². The van der Waals surface area contributed by atoms with Gasteiger partial charge in [0.15, 0.2) is 0 Å². The predicted octanol–water partition coefficient (Wildman–Crippen LogP) is 1.43. The maximum atomic E-state index is 12.9. The molecule has 0 radical (unpaired) electrons. The van der Waals surface area contributed by atoms with Crippen LogP contribution in [0.2, 0.25) is 0 Å². The van der Waals surface area contributed by atoms with Gasteiger partial charge >= 0.3 is 0 Å². The van der Waals surface area contributed by atoms with Gasteiger partial charge in [0.05, 0.1) is 22.7 Å². The molecule has 30 heavy (non-hydrogen) atoms. The highest BCUT2D eigenvalue weighted by atomic mass is 32.2. The van der Waals surface area contributed by atoms with E-state index in [0.29, 0.717) is 38.3 Å². The molecule has 1 aliphatic heterocycles. The summed E-state index contributed by atoms with van der Waals surface area (Å²) in [4.78, 5) is 26.2. The predicted molar refractivity (Wildman–Crippen MR) is 115 cm³/mol. The van der Waals surface area contributed by atoms with Crippen molar-refractivity contribution in [3.8, 4) is 0 Å². The van der Waals surface area contributed by atoms with E-state index in [1.807, 2.05) is 11.8 Å². The molecule has 3 rings (SSSR count). The number of primary amides is 1. The number of anilines is 1. The van der Waals surface area contributed by atoms with Gasteiger partial charge in [-0.2, -0.15) is 4.31 Å². The summed E-state index contributed by atoms with van der Waals surface area (Å²) in [7, 11) is -3.56. The van der Waals surface area contributed by atoms with Crippen molar-refractivity contribution in [1.82, 2.24) is 9.21 Å². The van der Waals surface area contributed by atoms with Gasteiger partial charge in [-0.15, -0.1) is 0 Å². The second-order valence-corrected chi connectivity index (χ2v) is 9.24. The van der Waals surface area contributed by atoms with Crippen LogP contribution in [0.5, 0.6) is 0 Å². The van der Waals surface area contributed by atoms with Crippen LogP contribution in [0, 0.1) is 6.92 Å². The first-order valence-electron chi connectivity index (χ1n) is 9.75. The lowest BCUT2D eigenvalue weighted by Gasteiger charge is -2.21. The van der Waals surface area contributed by atoms with E-state index in [4.69, 9.17) is 5.73 Å². The average molecular weight is 431 g/mol. The summed E-state index contributed by atoms with van der Waals surface area (Å²) in [5.74, 6) is -0.892. The number of aryl methyl sites for hydroxylation is 1. The molecule has 8 nitrogen and oxygen atoms in total. The molecule has 160 valence electrons. The first kappa shape index (κ1) is 21.9. The van der Waals surface area contributed by atoms with Crippen molar-refractivity contribution < 1.29 is 18.0 Å². The number of nitrogens with zero attached hydrogens (tertiary/aromatic N) is 2. The number of nitrogens with two attached hydrogens (primary N) is 1. The van der Waals surface area contributed by atoms with Gasteiger partial charge in [-0.3, -0.25) is 14.5 Å². The van der Waals surface area contributed by atoms with Crippen LogP contribution in [0.15, 0.2) is 53.4 Å². The van der Waals surface area contributed by atoms with E-state index < -0.39 is 15.9 Å². The number of hydrogen-bond acceptors (Lipinski definition) is 5. The minimum Gasteiger partial charge on any atom is -0.366 e. The molecule has 0 saturated carbocycles. The molecule has 1 heterocycles. The third-order valence-electron chi connectivity index (χ3n) is 5.04. The zero-order valence-corrected chi connectivity index (χ0v) is 17.7. The normalized spacial score (nSPS) is 16.0. The Balaban J connectivity index is 1.61. The molecule has 0 unspecified atom stereocenters. The highest BCUT2D eigenvalue weighted by Gasteiger charge is 2.27. The largest absolute Gasteiger partial charge is 0.366 e. The molecule has 1 aliphatic rings. The van der Waals surface area contributed by atoms with E-state index in [1.54, 1.807) is 48.5 Å². The Labute approximate surface area is 176 Å². The molecule has 0 atom stereocenters. The van der Waals surface area contributed by atoms with Gasteiger partial charge < -0.3 is 11.1 Å². The van der Waals surface area contributed by atoms with Crippen molar-refractivity contribution in [3.05, 3.63) is 59.7 Å². The van der Waals surface area contributed by atoms with Gasteiger partial charge in [-0.25, -0.2) is 8.42 Å². The third-order valence-corrected chi connectivity index (χ3v) is 6.95. The summed E-state index contributed by atoms with van der Waals surface area (Å²) >= 11 is 0. The number of carbonyl (C=O) groups is 2. The molecular weight excluding hydrogens is 404 g/mol. The number of sulfonamides is 1. The molecule has 2 aromatic rings. The third kappa shape index (κ3) is 5.24. The van der Waals surface area contributed by atoms with E-state index >= 15 is 0 Å². The van der Waals surface area contributed by atoms with E-state index in [9.17, 15) is 18.0 Å². The summed E-state index contributed by atoms with van der Waals surface area (Å²) in [5.41, 5.74) is 6.96. The molecular formula is C21H26N4O4S. The summed E-state index contributed by atoms with van der Waals surface area (Å²) < 4.78 is 27.3. The zero-order chi connectivity index (χ0) is 21.7. The zero-order valence-electron chi connectivity index (χ0n) is 16.9. The highest BCUT2D eigenvalue weighted by molar-refractivity contribution is 7.89. The Hall–Kier alpha value is -2.75. The quantitative estimate of drug-likeness (QED) is 0.720. The Morgan fingerprint density at radius 3 is 2.40 bits per heavy atom. The Morgan fingerprint density at radius 2 is 1.70 bits per heavy atom. The minimum absolute atomic E-state index is 0.103. The number of amides is 2. The van der Waals surface area contributed by atoms with Crippen molar-refractivity contribution in [2.45, 2.75) is 18.2 Å². The number of hydrogen-bond donors (Lipinski definition) is 2. The smallest absolute Gasteiger partial charge is 0.250 e. The van der Waals surface area contributed by atoms with E-state index in [2.05, 4.69) is 5.32 Å². The number of nitrogens with one attached hydrogen (secondary N) is 1. The SMILES string of the molecule is Cc1ccc(S(=O)(=O)N2CCCN(CC(=O)Nc3ccccc3C(N)=O)CC2)cc1. The van der Waals surface area contributed by atoms with Gasteiger partial charge in [-0.1, -0.05) is 29.8 Å². The van der Waals surface area contributed by atoms with Gasteiger partial charge in [-0.05, 0) is 44.2 Å². The number of carbonyl (C=O) groups excluding carboxylic acids is 2. The van der Waals surface area contributed by atoms with Crippen LogP contribution >= 0.6 is 0 Å². The van der Waals surface area contributed by atoms with E-state index in [-0.39, 0.29) is 22.9 Å². The molecule has 1 saturated heterocycles.